The Hall–Kier alpha value is -2.15. The molecule has 1 aromatic rings. The van der Waals surface area contributed by atoms with E-state index < -0.39 is 23.8 Å². The van der Waals surface area contributed by atoms with Crippen LogP contribution < -0.4 is 10.4 Å². The van der Waals surface area contributed by atoms with Crippen molar-refractivity contribution in [3.63, 3.8) is 0 Å². The van der Waals surface area contributed by atoms with Gasteiger partial charge in [0.2, 0.25) is 5.91 Å². The summed E-state index contributed by atoms with van der Waals surface area (Å²) in [6.45, 7) is 0. The Morgan fingerprint density at radius 3 is 2.50 bits per heavy atom. The summed E-state index contributed by atoms with van der Waals surface area (Å²) < 4.78 is 4.93. The minimum Gasteiger partial charge on any atom is -0.550 e. The average molecular weight is 376 g/mol. The molecule has 0 spiro atoms. The van der Waals surface area contributed by atoms with Gasteiger partial charge in [0.1, 0.15) is 5.00 Å². The first-order chi connectivity index (χ1) is 12.5. The minimum absolute atomic E-state index is 0.283. The molecule has 0 aromatic carbocycles. The van der Waals surface area contributed by atoms with E-state index in [1.54, 1.807) is 6.08 Å². The molecule has 2 aliphatic carbocycles. The molecule has 7 heteroatoms. The van der Waals surface area contributed by atoms with Crippen LogP contribution in [0, 0.1) is 11.8 Å². The van der Waals surface area contributed by atoms with Gasteiger partial charge in [-0.2, -0.15) is 0 Å². The summed E-state index contributed by atoms with van der Waals surface area (Å²) >= 11 is 1.41. The van der Waals surface area contributed by atoms with E-state index >= 15 is 0 Å². The molecule has 3 rings (SSSR count). The number of carboxylic acids is 1. The van der Waals surface area contributed by atoms with E-state index in [0.717, 1.165) is 42.5 Å². The van der Waals surface area contributed by atoms with Crippen molar-refractivity contribution in [2.75, 3.05) is 12.4 Å². The molecule has 2 atom stereocenters. The van der Waals surface area contributed by atoms with Crippen LogP contribution in [0.1, 0.15) is 52.9 Å². The summed E-state index contributed by atoms with van der Waals surface area (Å²) in [5.41, 5.74) is 1.40. The molecule has 1 heterocycles. The zero-order valence-electron chi connectivity index (χ0n) is 14.7. The number of nitrogens with one attached hydrogen (secondary N) is 1. The third kappa shape index (κ3) is 3.67. The molecule has 1 aromatic heterocycles. The molecule has 1 amide bonds. The predicted molar refractivity (Wildman–Crippen MR) is 95.9 cm³/mol. The fourth-order valence-electron chi connectivity index (χ4n) is 3.72. The van der Waals surface area contributed by atoms with Gasteiger partial charge in [-0.25, -0.2) is 4.79 Å². The number of allylic oxidation sites excluding steroid dienone is 2. The van der Waals surface area contributed by atoms with Gasteiger partial charge in [0.05, 0.1) is 18.6 Å². The van der Waals surface area contributed by atoms with Crippen molar-refractivity contribution in [2.45, 2.75) is 44.9 Å². The quantitative estimate of drug-likeness (QED) is 0.493. The molecular formula is C19H22NO5S-. The number of anilines is 1. The number of carboxylic acid groups (broad SMARTS) is 1. The zero-order chi connectivity index (χ0) is 18.7. The Bertz CT molecular complexity index is 751. The molecule has 0 unspecified atom stereocenters. The molecule has 0 saturated heterocycles. The standard InChI is InChI=1S/C19H23NO5S/c1-25-19(24)15-13-9-3-2-4-10-14(13)26-17(15)20-16(21)11-7-5-6-8-12(11)18(22)23/h5-6,11-12H,2-4,7-10H2,1H3,(H,20,21)(H,22,23)/p-1/t11-,12-/m0/s1. The number of ether oxygens (including phenoxy) is 1. The number of amides is 1. The van der Waals surface area contributed by atoms with Crippen molar-refractivity contribution in [3.05, 3.63) is 28.2 Å². The maximum Gasteiger partial charge on any atom is 0.341 e. The van der Waals surface area contributed by atoms with Gasteiger partial charge in [-0.1, -0.05) is 18.6 Å². The number of aliphatic carboxylic acids is 1. The van der Waals surface area contributed by atoms with Gasteiger partial charge in [-0.05, 0) is 44.1 Å². The Morgan fingerprint density at radius 2 is 1.81 bits per heavy atom. The summed E-state index contributed by atoms with van der Waals surface area (Å²) in [6, 6.07) is 0. The maximum atomic E-state index is 12.7. The summed E-state index contributed by atoms with van der Waals surface area (Å²) in [6.07, 6.45) is 9.06. The average Bonchev–Trinajstić information content (AvgIpc) is 2.81. The van der Waals surface area contributed by atoms with Crippen LogP contribution in [0.25, 0.3) is 0 Å². The molecule has 0 radical (unpaired) electrons. The van der Waals surface area contributed by atoms with Gasteiger partial charge in [-0.3, -0.25) is 4.79 Å². The summed E-state index contributed by atoms with van der Waals surface area (Å²) in [5, 5.41) is 14.6. The van der Waals surface area contributed by atoms with Crippen LogP contribution in [0.2, 0.25) is 0 Å². The second-order valence-corrected chi connectivity index (χ2v) is 7.83. The highest BCUT2D eigenvalue weighted by atomic mass is 32.1. The van der Waals surface area contributed by atoms with E-state index in [1.165, 1.54) is 18.4 Å². The molecule has 140 valence electrons. The van der Waals surface area contributed by atoms with Crippen LogP contribution in [-0.4, -0.2) is 25.0 Å². The fraction of sp³-hybridized carbons (Fsp3) is 0.526. The monoisotopic (exact) mass is 376 g/mol. The Morgan fingerprint density at radius 1 is 1.12 bits per heavy atom. The molecule has 0 saturated carbocycles. The smallest absolute Gasteiger partial charge is 0.341 e. The van der Waals surface area contributed by atoms with E-state index in [4.69, 9.17) is 4.74 Å². The van der Waals surface area contributed by atoms with E-state index in [2.05, 4.69) is 5.32 Å². The number of hydrogen-bond donors (Lipinski definition) is 1. The van der Waals surface area contributed by atoms with Crippen LogP contribution >= 0.6 is 11.3 Å². The number of carbonyl (C=O) groups excluding carboxylic acids is 3. The normalized spacial score (nSPS) is 22.2. The van der Waals surface area contributed by atoms with Crippen LogP contribution in [0.15, 0.2) is 12.2 Å². The third-order valence-corrected chi connectivity index (χ3v) is 6.33. The number of fused-ring (bicyclic) bond motifs is 1. The van der Waals surface area contributed by atoms with Gasteiger partial charge < -0.3 is 20.0 Å². The number of carbonyl (C=O) groups is 3. The first-order valence-corrected chi connectivity index (χ1v) is 9.74. The van der Waals surface area contributed by atoms with Crippen molar-refractivity contribution in [1.82, 2.24) is 0 Å². The minimum atomic E-state index is -1.22. The lowest BCUT2D eigenvalue weighted by atomic mass is 9.82. The van der Waals surface area contributed by atoms with Crippen LogP contribution in [-0.2, 0) is 27.2 Å². The highest BCUT2D eigenvalue weighted by Crippen LogP contribution is 2.38. The lowest BCUT2D eigenvalue weighted by Gasteiger charge is -2.28. The SMILES string of the molecule is COC(=O)c1c(NC(=O)[C@H]2CC=CC[C@@H]2C(=O)[O-])sc2c1CCCCC2. The third-order valence-electron chi connectivity index (χ3n) is 5.12. The largest absolute Gasteiger partial charge is 0.550 e. The molecule has 0 bridgehead atoms. The zero-order valence-corrected chi connectivity index (χ0v) is 15.5. The van der Waals surface area contributed by atoms with Gasteiger partial charge in [0.25, 0.3) is 0 Å². The first kappa shape index (κ1) is 18.6. The Labute approximate surface area is 156 Å². The summed E-state index contributed by atoms with van der Waals surface area (Å²) in [7, 11) is 1.33. The molecular weight excluding hydrogens is 354 g/mol. The molecule has 6 nitrogen and oxygen atoms in total. The summed E-state index contributed by atoms with van der Waals surface area (Å²) in [4.78, 5) is 37.5. The maximum absolute atomic E-state index is 12.7. The van der Waals surface area contributed by atoms with Crippen LogP contribution in [0.5, 0.6) is 0 Å². The van der Waals surface area contributed by atoms with Gasteiger partial charge >= 0.3 is 5.97 Å². The lowest BCUT2D eigenvalue weighted by Crippen LogP contribution is -2.41. The lowest BCUT2D eigenvalue weighted by molar-refractivity contribution is -0.313. The van der Waals surface area contributed by atoms with E-state index in [9.17, 15) is 19.5 Å². The van der Waals surface area contributed by atoms with Crippen molar-refractivity contribution in [1.29, 1.82) is 0 Å². The highest BCUT2D eigenvalue weighted by Gasteiger charge is 2.32. The number of esters is 1. The molecule has 26 heavy (non-hydrogen) atoms. The number of thiophene rings is 1. The molecule has 0 aliphatic heterocycles. The molecule has 1 N–H and O–H groups in total. The molecule has 0 fully saturated rings. The topological polar surface area (TPSA) is 95.5 Å². The molecule has 2 aliphatic rings. The predicted octanol–water partition coefficient (Wildman–Crippen LogP) is 2.07. The first-order valence-electron chi connectivity index (χ1n) is 8.92. The number of hydrogen-bond acceptors (Lipinski definition) is 6. The number of aryl methyl sites for hydroxylation is 1. The van der Waals surface area contributed by atoms with Crippen molar-refractivity contribution >= 4 is 34.2 Å². The second-order valence-electron chi connectivity index (χ2n) is 6.72. The summed E-state index contributed by atoms with van der Waals surface area (Å²) in [5.74, 6) is -3.61. The van der Waals surface area contributed by atoms with E-state index in [-0.39, 0.29) is 12.3 Å². The number of methoxy groups -OCH3 is 1. The fourth-order valence-corrected chi connectivity index (χ4v) is 5.00. The highest BCUT2D eigenvalue weighted by molar-refractivity contribution is 7.17. The second kappa shape index (κ2) is 8.03. The van der Waals surface area contributed by atoms with Gasteiger partial charge in [0, 0.05) is 16.8 Å². The van der Waals surface area contributed by atoms with E-state index in [0.29, 0.717) is 17.0 Å². The van der Waals surface area contributed by atoms with Crippen molar-refractivity contribution < 1.29 is 24.2 Å². The van der Waals surface area contributed by atoms with Gasteiger partial charge in [-0.15, -0.1) is 11.3 Å². The Kier molecular flexibility index (Phi) is 5.76. The van der Waals surface area contributed by atoms with Crippen LogP contribution in [0.3, 0.4) is 0 Å². The number of rotatable bonds is 4. The van der Waals surface area contributed by atoms with Crippen molar-refractivity contribution in [3.8, 4) is 0 Å². The van der Waals surface area contributed by atoms with E-state index in [1.807, 2.05) is 6.08 Å². The van der Waals surface area contributed by atoms with Crippen LogP contribution in [0.4, 0.5) is 5.00 Å². The van der Waals surface area contributed by atoms with Gasteiger partial charge in [0.15, 0.2) is 0 Å². The van der Waals surface area contributed by atoms with Crippen molar-refractivity contribution in [2.24, 2.45) is 11.8 Å². The Balaban J connectivity index is 1.89.